The molecular weight excluding hydrogens is 320 g/mol. The van der Waals surface area contributed by atoms with Crippen LogP contribution in [0.3, 0.4) is 0 Å². The summed E-state index contributed by atoms with van der Waals surface area (Å²) in [5, 5.41) is 9.35. The summed E-state index contributed by atoms with van der Waals surface area (Å²) in [7, 11) is 1.99. The monoisotopic (exact) mass is 330 g/mol. The molecule has 0 aliphatic heterocycles. The topological polar surface area (TPSA) is 27.0 Å². The molecule has 0 radical (unpaired) electrons. The van der Waals surface area contributed by atoms with E-state index in [0.717, 1.165) is 22.0 Å². The van der Waals surface area contributed by atoms with Crippen molar-refractivity contribution in [3.8, 4) is 6.07 Å². The fourth-order valence-electron chi connectivity index (χ4n) is 1.23. The van der Waals surface area contributed by atoms with Gasteiger partial charge in [0.2, 0.25) is 0 Å². The van der Waals surface area contributed by atoms with Gasteiger partial charge in [-0.1, -0.05) is 37.9 Å². The lowest BCUT2D eigenvalue weighted by Gasteiger charge is -2.18. The highest BCUT2D eigenvalue weighted by Gasteiger charge is 2.03. The van der Waals surface area contributed by atoms with Crippen molar-refractivity contribution >= 4 is 37.5 Å². The minimum absolute atomic E-state index is 0.550. The average Bonchev–Trinajstić information content (AvgIpc) is 2.25. The Morgan fingerprint density at radius 2 is 2.20 bits per heavy atom. The third kappa shape index (κ3) is 3.51. The molecule has 1 aromatic carbocycles. The average molecular weight is 332 g/mol. The van der Waals surface area contributed by atoms with E-state index >= 15 is 0 Å². The normalized spacial score (nSPS) is 9.73. The predicted molar refractivity (Wildman–Crippen MR) is 70.3 cm³/mol. The van der Waals surface area contributed by atoms with E-state index in [0.29, 0.717) is 6.42 Å². The van der Waals surface area contributed by atoms with Gasteiger partial charge in [0.25, 0.3) is 0 Å². The summed E-state index contributed by atoms with van der Waals surface area (Å²) in [4.78, 5) is 2.08. The summed E-state index contributed by atoms with van der Waals surface area (Å²) >= 11 is 6.95. The molecule has 2 nitrogen and oxygen atoms in total. The van der Waals surface area contributed by atoms with Crippen LogP contribution in [0.15, 0.2) is 22.7 Å². The number of nitriles is 1. The van der Waals surface area contributed by atoms with Crippen LogP contribution in [0.4, 0.5) is 5.69 Å². The van der Waals surface area contributed by atoms with Gasteiger partial charge in [-0.3, -0.25) is 0 Å². The number of nitrogens with zero attached hydrogens (tertiary/aromatic N) is 2. The van der Waals surface area contributed by atoms with Crippen LogP contribution in [0.25, 0.3) is 0 Å². The second-order valence-corrected chi connectivity index (χ2v) is 4.65. The van der Waals surface area contributed by atoms with Crippen molar-refractivity contribution < 1.29 is 0 Å². The highest BCUT2D eigenvalue weighted by molar-refractivity contribution is 9.10. The first-order valence-electron chi connectivity index (χ1n) is 4.61. The molecule has 0 amide bonds. The Balaban J connectivity index is 2.79. The second-order valence-electron chi connectivity index (χ2n) is 3.24. The van der Waals surface area contributed by atoms with Crippen molar-refractivity contribution in [2.45, 2.75) is 11.8 Å². The summed E-state index contributed by atoms with van der Waals surface area (Å²) in [5.41, 5.74) is 2.36. The highest BCUT2D eigenvalue weighted by atomic mass is 79.9. The molecule has 0 atom stereocenters. The molecule has 0 N–H and O–H groups in total. The minimum Gasteiger partial charge on any atom is -0.374 e. The Hall–Kier alpha value is -0.530. The van der Waals surface area contributed by atoms with Gasteiger partial charge >= 0.3 is 0 Å². The lowest BCUT2D eigenvalue weighted by Crippen LogP contribution is -2.17. The zero-order valence-corrected chi connectivity index (χ0v) is 11.7. The van der Waals surface area contributed by atoms with Crippen LogP contribution in [0.5, 0.6) is 0 Å². The standard InChI is InChI=1S/C11H12Br2N2/c1-15(6-2-5-14)10-4-3-9(8-12)11(13)7-10/h3-4,7H,2,6,8H2,1H3. The third-order valence-electron chi connectivity index (χ3n) is 2.18. The Morgan fingerprint density at radius 1 is 1.47 bits per heavy atom. The van der Waals surface area contributed by atoms with Crippen molar-refractivity contribution in [1.82, 2.24) is 0 Å². The van der Waals surface area contributed by atoms with E-state index in [1.807, 2.05) is 7.05 Å². The van der Waals surface area contributed by atoms with Crippen LogP contribution in [0, 0.1) is 11.3 Å². The molecule has 0 fully saturated rings. The first-order chi connectivity index (χ1) is 7.19. The van der Waals surface area contributed by atoms with E-state index in [4.69, 9.17) is 5.26 Å². The first kappa shape index (κ1) is 12.5. The molecule has 0 saturated carbocycles. The molecule has 80 valence electrons. The van der Waals surface area contributed by atoms with Gasteiger partial charge in [0.15, 0.2) is 0 Å². The van der Waals surface area contributed by atoms with E-state index in [9.17, 15) is 0 Å². The zero-order chi connectivity index (χ0) is 11.3. The molecule has 0 bridgehead atoms. The van der Waals surface area contributed by atoms with Gasteiger partial charge in [-0.25, -0.2) is 0 Å². The molecule has 15 heavy (non-hydrogen) atoms. The Bertz CT molecular complexity index is 371. The SMILES string of the molecule is CN(CCC#N)c1ccc(CBr)c(Br)c1. The number of hydrogen-bond acceptors (Lipinski definition) is 2. The maximum Gasteiger partial charge on any atom is 0.0640 e. The number of rotatable bonds is 4. The Labute approximate surface area is 107 Å². The van der Waals surface area contributed by atoms with E-state index in [-0.39, 0.29) is 0 Å². The molecule has 1 aromatic rings. The van der Waals surface area contributed by atoms with Gasteiger partial charge in [-0.15, -0.1) is 0 Å². The second kappa shape index (κ2) is 6.14. The van der Waals surface area contributed by atoms with Crippen LogP contribution in [-0.4, -0.2) is 13.6 Å². The van der Waals surface area contributed by atoms with Crippen LogP contribution in [-0.2, 0) is 5.33 Å². The lowest BCUT2D eigenvalue weighted by molar-refractivity contribution is 0.904. The highest BCUT2D eigenvalue weighted by Crippen LogP contribution is 2.25. The van der Waals surface area contributed by atoms with E-state index in [1.165, 1.54) is 5.56 Å². The van der Waals surface area contributed by atoms with Gasteiger partial charge in [0.05, 0.1) is 12.5 Å². The van der Waals surface area contributed by atoms with Crippen molar-refractivity contribution in [2.75, 3.05) is 18.5 Å². The smallest absolute Gasteiger partial charge is 0.0640 e. The number of hydrogen-bond donors (Lipinski definition) is 0. The predicted octanol–water partition coefficient (Wildman–Crippen LogP) is 3.69. The first-order valence-corrected chi connectivity index (χ1v) is 6.53. The van der Waals surface area contributed by atoms with Crippen molar-refractivity contribution in [3.05, 3.63) is 28.2 Å². The van der Waals surface area contributed by atoms with E-state index in [1.54, 1.807) is 0 Å². The molecular formula is C11H12Br2N2. The van der Waals surface area contributed by atoms with Crippen molar-refractivity contribution in [3.63, 3.8) is 0 Å². The third-order valence-corrected chi connectivity index (χ3v) is 3.52. The van der Waals surface area contributed by atoms with Crippen molar-refractivity contribution in [1.29, 1.82) is 5.26 Å². The molecule has 0 aliphatic carbocycles. The largest absolute Gasteiger partial charge is 0.374 e. The number of halogens is 2. The molecule has 0 unspecified atom stereocenters. The summed E-state index contributed by atoms with van der Waals surface area (Å²) in [5.74, 6) is 0. The van der Waals surface area contributed by atoms with Gasteiger partial charge in [-0.05, 0) is 17.7 Å². The zero-order valence-electron chi connectivity index (χ0n) is 8.50. The summed E-state index contributed by atoms with van der Waals surface area (Å²) in [6.45, 7) is 0.761. The van der Waals surface area contributed by atoms with Crippen LogP contribution in [0.2, 0.25) is 0 Å². The fourth-order valence-corrected chi connectivity index (χ4v) is 2.60. The van der Waals surface area contributed by atoms with Crippen LogP contribution < -0.4 is 4.90 Å². The lowest BCUT2D eigenvalue weighted by atomic mass is 10.2. The molecule has 4 heteroatoms. The van der Waals surface area contributed by atoms with E-state index in [2.05, 4.69) is 61.0 Å². The summed E-state index contributed by atoms with van der Waals surface area (Å²) < 4.78 is 1.10. The summed E-state index contributed by atoms with van der Waals surface area (Å²) in [6.07, 6.45) is 0.550. The molecule has 0 aromatic heterocycles. The molecule has 0 aliphatic rings. The van der Waals surface area contributed by atoms with Gasteiger partial charge in [0.1, 0.15) is 0 Å². The molecule has 0 heterocycles. The maximum atomic E-state index is 8.51. The molecule has 1 rings (SSSR count). The van der Waals surface area contributed by atoms with Gasteiger partial charge in [0, 0.05) is 29.1 Å². The van der Waals surface area contributed by atoms with Gasteiger partial charge in [-0.2, -0.15) is 5.26 Å². The number of anilines is 1. The number of benzene rings is 1. The minimum atomic E-state index is 0.550. The van der Waals surface area contributed by atoms with Crippen molar-refractivity contribution in [2.24, 2.45) is 0 Å². The summed E-state index contributed by atoms with van der Waals surface area (Å²) in [6, 6.07) is 8.37. The van der Waals surface area contributed by atoms with Crippen LogP contribution >= 0.6 is 31.9 Å². The molecule has 0 saturated heterocycles. The van der Waals surface area contributed by atoms with Gasteiger partial charge < -0.3 is 4.90 Å². The van der Waals surface area contributed by atoms with E-state index < -0.39 is 0 Å². The number of alkyl halides is 1. The Morgan fingerprint density at radius 3 is 2.73 bits per heavy atom. The van der Waals surface area contributed by atoms with Crippen LogP contribution in [0.1, 0.15) is 12.0 Å². The maximum absolute atomic E-state index is 8.51. The molecule has 0 spiro atoms. The Kier molecular flexibility index (Phi) is 5.13. The fraction of sp³-hybridized carbons (Fsp3) is 0.364. The quantitative estimate of drug-likeness (QED) is 0.787.